The molecule has 0 unspecified atom stereocenters. The van der Waals surface area contributed by atoms with Gasteiger partial charge in [-0.05, 0) is 48.2 Å². The SMILES string of the molecule is NC(=O)C1(c2ccccc2)CCN(C(=O)c2sc(-c3ccc(Cl)cc3Cl)c(-c3ccc(Cl)cc3)c2OCCNCC(=O)O)CC1. The van der Waals surface area contributed by atoms with Gasteiger partial charge in [-0.1, -0.05) is 83.3 Å². The minimum Gasteiger partial charge on any atom is -0.490 e. The van der Waals surface area contributed by atoms with E-state index < -0.39 is 17.3 Å². The van der Waals surface area contributed by atoms with Gasteiger partial charge in [-0.15, -0.1) is 11.3 Å². The van der Waals surface area contributed by atoms with Crippen molar-refractivity contribution in [2.45, 2.75) is 18.3 Å². The molecule has 2 heterocycles. The van der Waals surface area contributed by atoms with Crippen molar-refractivity contribution in [1.29, 1.82) is 0 Å². The molecule has 2 amide bonds. The topological polar surface area (TPSA) is 122 Å². The van der Waals surface area contributed by atoms with E-state index in [4.69, 9.17) is 50.4 Å². The van der Waals surface area contributed by atoms with E-state index in [0.29, 0.717) is 67.6 Å². The van der Waals surface area contributed by atoms with Crippen molar-refractivity contribution in [2.24, 2.45) is 5.73 Å². The van der Waals surface area contributed by atoms with E-state index in [-0.39, 0.29) is 25.6 Å². The van der Waals surface area contributed by atoms with Crippen LogP contribution in [0, 0.1) is 0 Å². The number of hydrogen-bond donors (Lipinski definition) is 3. The second kappa shape index (κ2) is 14.2. The first-order chi connectivity index (χ1) is 21.6. The van der Waals surface area contributed by atoms with E-state index in [1.807, 2.05) is 42.5 Å². The maximum Gasteiger partial charge on any atom is 0.317 e. The van der Waals surface area contributed by atoms with E-state index in [1.54, 1.807) is 35.2 Å². The van der Waals surface area contributed by atoms with Gasteiger partial charge in [0.2, 0.25) is 5.91 Å². The zero-order valence-corrected chi connectivity index (χ0v) is 27.1. The highest BCUT2D eigenvalue weighted by atomic mass is 35.5. The number of nitrogens with one attached hydrogen (secondary N) is 1. The van der Waals surface area contributed by atoms with E-state index in [9.17, 15) is 14.4 Å². The van der Waals surface area contributed by atoms with Crippen LogP contribution in [0.4, 0.5) is 0 Å². The summed E-state index contributed by atoms with van der Waals surface area (Å²) >= 11 is 20.4. The predicted molar refractivity (Wildman–Crippen MR) is 179 cm³/mol. The second-order valence-corrected chi connectivity index (χ2v) is 12.9. The second-order valence-electron chi connectivity index (χ2n) is 10.6. The lowest BCUT2D eigenvalue weighted by atomic mass is 9.72. The molecule has 8 nitrogen and oxygen atoms in total. The molecule has 4 aromatic rings. The molecule has 0 radical (unpaired) electrons. The maximum atomic E-state index is 14.3. The number of aliphatic carboxylic acids is 1. The number of carbonyl (C=O) groups is 3. The van der Waals surface area contributed by atoms with Gasteiger partial charge in [-0.25, -0.2) is 0 Å². The zero-order valence-electron chi connectivity index (χ0n) is 24.0. The van der Waals surface area contributed by atoms with E-state index in [2.05, 4.69) is 5.32 Å². The molecule has 1 aromatic heterocycles. The number of amides is 2. The highest BCUT2D eigenvalue weighted by molar-refractivity contribution is 7.18. The van der Waals surface area contributed by atoms with Gasteiger partial charge in [0.25, 0.3) is 5.91 Å². The van der Waals surface area contributed by atoms with Crippen LogP contribution in [0.1, 0.15) is 28.1 Å². The largest absolute Gasteiger partial charge is 0.490 e. The molecule has 0 spiro atoms. The number of primary amides is 1. The average molecular weight is 687 g/mol. The molecular formula is C33H30Cl3N3O5S. The molecule has 0 aliphatic carbocycles. The average Bonchev–Trinajstić information content (AvgIpc) is 3.40. The van der Waals surface area contributed by atoms with Crippen LogP contribution in [0.2, 0.25) is 15.1 Å². The Balaban J connectivity index is 1.55. The highest BCUT2D eigenvalue weighted by Crippen LogP contribution is 2.51. The minimum atomic E-state index is -0.990. The molecule has 1 fully saturated rings. The van der Waals surface area contributed by atoms with E-state index >= 15 is 0 Å². The van der Waals surface area contributed by atoms with Gasteiger partial charge in [0, 0.05) is 45.7 Å². The van der Waals surface area contributed by atoms with Crippen LogP contribution in [0.15, 0.2) is 72.8 Å². The van der Waals surface area contributed by atoms with Gasteiger partial charge in [-0.2, -0.15) is 0 Å². The number of carboxylic acids is 1. The summed E-state index contributed by atoms with van der Waals surface area (Å²) in [6.07, 6.45) is 0.747. The number of likely N-dealkylation sites (tertiary alicyclic amines) is 1. The lowest BCUT2D eigenvalue weighted by molar-refractivity contribution is -0.136. The van der Waals surface area contributed by atoms with Gasteiger partial charge in [-0.3, -0.25) is 14.4 Å². The Kier molecular flexibility index (Phi) is 10.4. The van der Waals surface area contributed by atoms with Crippen molar-refractivity contribution in [2.75, 3.05) is 32.8 Å². The molecular weight excluding hydrogens is 657 g/mol. The van der Waals surface area contributed by atoms with Crippen LogP contribution >= 0.6 is 46.1 Å². The van der Waals surface area contributed by atoms with Crippen molar-refractivity contribution in [3.05, 3.63) is 98.3 Å². The maximum absolute atomic E-state index is 14.3. The molecule has 234 valence electrons. The predicted octanol–water partition coefficient (Wildman–Crippen LogP) is 6.75. The Morgan fingerprint density at radius 3 is 2.24 bits per heavy atom. The number of nitrogens with zero attached hydrogens (tertiary/aromatic N) is 1. The Bertz CT molecular complexity index is 1700. The normalized spacial score (nSPS) is 14.2. The summed E-state index contributed by atoms with van der Waals surface area (Å²) < 4.78 is 6.29. The number of carbonyl (C=O) groups excluding carboxylic acids is 2. The van der Waals surface area contributed by atoms with E-state index in [0.717, 1.165) is 11.1 Å². The first-order valence-corrected chi connectivity index (χ1v) is 16.1. The number of thiophene rings is 1. The molecule has 12 heteroatoms. The Hall–Kier alpha value is -3.60. The summed E-state index contributed by atoms with van der Waals surface area (Å²) in [5.74, 6) is -1.32. The first kappa shape index (κ1) is 32.8. The molecule has 0 bridgehead atoms. The standard InChI is InChI=1S/C33H30Cl3N3O5S/c34-22-8-6-20(7-9-22)27-28(44-17-14-38-19-26(40)41)30(45-29(27)24-11-10-23(35)18-25(24)36)31(42)39-15-12-33(13-16-39,32(37)43)21-4-2-1-3-5-21/h1-11,18,38H,12-17,19H2,(H2,37,43)(H,40,41). The third kappa shape index (κ3) is 7.13. The molecule has 0 saturated carbocycles. The molecule has 5 rings (SSSR count). The number of carboxylic acid groups (broad SMARTS) is 1. The molecule has 3 aromatic carbocycles. The van der Waals surface area contributed by atoms with Gasteiger partial charge in [0.05, 0.1) is 17.0 Å². The van der Waals surface area contributed by atoms with Crippen LogP contribution in [0.3, 0.4) is 0 Å². The number of benzene rings is 3. The molecule has 1 saturated heterocycles. The van der Waals surface area contributed by atoms with Crippen molar-refractivity contribution >= 4 is 63.9 Å². The molecule has 45 heavy (non-hydrogen) atoms. The van der Waals surface area contributed by atoms with Crippen LogP contribution in [0.25, 0.3) is 21.6 Å². The van der Waals surface area contributed by atoms with Crippen molar-refractivity contribution < 1.29 is 24.2 Å². The van der Waals surface area contributed by atoms with Gasteiger partial charge in [0.15, 0.2) is 5.75 Å². The summed E-state index contributed by atoms with van der Waals surface area (Å²) in [5, 5.41) is 13.2. The van der Waals surface area contributed by atoms with Crippen molar-refractivity contribution in [3.8, 4) is 27.3 Å². The zero-order chi connectivity index (χ0) is 32.1. The van der Waals surface area contributed by atoms with Gasteiger partial charge < -0.3 is 25.8 Å². The van der Waals surface area contributed by atoms with Gasteiger partial charge in [0.1, 0.15) is 11.5 Å². The van der Waals surface area contributed by atoms with Crippen LogP contribution in [-0.2, 0) is 15.0 Å². The Morgan fingerprint density at radius 1 is 0.956 bits per heavy atom. The van der Waals surface area contributed by atoms with Crippen molar-refractivity contribution in [1.82, 2.24) is 10.2 Å². The van der Waals surface area contributed by atoms with Crippen LogP contribution in [-0.4, -0.2) is 60.6 Å². The number of hydrogen-bond acceptors (Lipinski definition) is 6. The Labute approximate surface area is 279 Å². The minimum absolute atomic E-state index is 0.0947. The number of piperidine rings is 1. The van der Waals surface area contributed by atoms with E-state index in [1.165, 1.54) is 11.3 Å². The Morgan fingerprint density at radius 2 is 1.62 bits per heavy atom. The quantitative estimate of drug-likeness (QED) is 0.150. The third-order valence-electron chi connectivity index (χ3n) is 7.87. The number of rotatable bonds is 11. The summed E-state index contributed by atoms with van der Waals surface area (Å²) in [7, 11) is 0. The summed E-state index contributed by atoms with van der Waals surface area (Å²) in [6.45, 7) is 0.709. The summed E-state index contributed by atoms with van der Waals surface area (Å²) in [5.41, 5.74) is 7.97. The fraction of sp³-hybridized carbons (Fsp3) is 0.242. The lowest BCUT2D eigenvalue weighted by Gasteiger charge is -2.40. The summed E-state index contributed by atoms with van der Waals surface area (Å²) in [6, 6.07) is 21.8. The van der Waals surface area contributed by atoms with Crippen LogP contribution in [0.5, 0.6) is 5.75 Å². The van der Waals surface area contributed by atoms with Crippen LogP contribution < -0.4 is 15.8 Å². The smallest absolute Gasteiger partial charge is 0.317 e. The molecule has 0 atom stereocenters. The van der Waals surface area contributed by atoms with Crippen molar-refractivity contribution in [3.63, 3.8) is 0 Å². The number of halogens is 3. The summed E-state index contributed by atoms with van der Waals surface area (Å²) in [4.78, 5) is 40.8. The molecule has 1 aliphatic heterocycles. The monoisotopic (exact) mass is 685 g/mol. The fourth-order valence-corrected chi connectivity index (χ4v) is 7.49. The number of ether oxygens (including phenoxy) is 1. The molecule has 1 aliphatic rings. The highest BCUT2D eigenvalue weighted by Gasteiger charge is 2.43. The molecule has 4 N–H and O–H groups in total. The third-order valence-corrected chi connectivity index (χ3v) is 9.86. The number of nitrogens with two attached hydrogens (primary N) is 1. The lowest BCUT2D eigenvalue weighted by Crippen LogP contribution is -2.51. The fourth-order valence-electron chi connectivity index (χ4n) is 5.53. The first-order valence-electron chi connectivity index (χ1n) is 14.2. The van der Waals surface area contributed by atoms with Gasteiger partial charge >= 0.3 is 5.97 Å².